The summed E-state index contributed by atoms with van der Waals surface area (Å²) in [6, 6.07) is 10.3. The second-order valence-corrected chi connectivity index (χ2v) is 8.27. The fraction of sp³-hybridized carbons (Fsp3) is 0.417. The number of furan rings is 1. The first kappa shape index (κ1) is 21.1. The molecule has 0 amide bonds. The van der Waals surface area contributed by atoms with Gasteiger partial charge in [0, 0.05) is 31.3 Å². The van der Waals surface area contributed by atoms with Crippen molar-refractivity contribution in [3.05, 3.63) is 59.2 Å². The number of aliphatic imine (C=N–C) groups is 2. The maximum Gasteiger partial charge on any atom is 0.154 e. The highest BCUT2D eigenvalue weighted by atomic mass is 16.5. The lowest BCUT2D eigenvalue weighted by Crippen LogP contribution is -2.26. The Morgan fingerprint density at radius 3 is 2.55 bits per heavy atom. The largest absolute Gasteiger partial charge is 0.463 e. The van der Waals surface area contributed by atoms with Gasteiger partial charge in [-0.05, 0) is 55.3 Å². The number of aryl methyl sites for hydroxylation is 1. The first-order chi connectivity index (χ1) is 13.8. The monoisotopic (exact) mass is 393 g/mol. The Hall–Kier alpha value is -2.66. The predicted molar refractivity (Wildman–Crippen MR) is 121 cm³/mol. The summed E-state index contributed by atoms with van der Waals surface area (Å²) in [4.78, 5) is 11.9. The number of nitrogens with zero attached hydrogens (tertiary/aromatic N) is 3. The molecule has 5 heteroatoms. The number of amidine groups is 1. The maximum atomic E-state index is 5.62. The molecule has 0 aliphatic carbocycles. The lowest BCUT2D eigenvalue weighted by atomic mass is 9.95. The van der Waals surface area contributed by atoms with Gasteiger partial charge in [0.25, 0.3) is 0 Å². The Balaban J connectivity index is 1.95. The van der Waals surface area contributed by atoms with Crippen LogP contribution in [0.3, 0.4) is 0 Å². The third kappa shape index (κ3) is 4.85. The third-order valence-corrected chi connectivity index (χ3v) is 4.97. The van der Waals surface area contributed by atoms with Crippen molar-refractivity contribution in [1.82, 2.24) is 0 Å². The summed E-state index contributed by atoms with van der Waals surface area (Å²) in [6.07, 6.45) is 3.77. The minimum absolute atomic E-state index is 0.130. The highest BCUT2D eigenvalue weighted by molar-refractivity contribution is 6.22. The summed E-state index contributed by atoms with van der Waals surface area (Å²) < 4.78 is 10.9. The van der Waals surface area contributed by atoms with Gasteiger partial charge in [0.1, 0.15) is 11.5 Å². The van der Waals surface area contributed by atoms with E-state index in [0.717, 1.165) is 41.7 Å². The lowest BCUT2D eigenvalue weighted by molar-refractivity contribution is 0.205. The molecule has 0 fully saturated rings. The van der Waals surface area contributed by atoms with Crippen LogP contribution < -0.4 is 4.90 Å². The Morgan fingerprint density at radius 1 is 1.17 bits per heavy atom. The second kappa shape index (κ2) is 8.78. The van der Waals surface area contributed by atoms with Gasteiger partial charge in [-0.15, -0.1) is 0 Å². The average Bonchev–Trinajstić information content (AvgIpc) is 3.33. The Bertz CT molecular complexity index is 932. The van der Waals surface area contributed by atoms with Crippen LogP contribution in [0.25, 0.3) is 6.08 Å². The molecule has 1 aromatic carbocycles. The van der Waals surface area contributed by atoms with Crippen molar-refractivity contribution < 1.29 is 9.15 Å². The molecular weight excluding hydrogens is 362 g/mol. The molecule has 0 unspecified atom stereocenters. The number of hydrogen-bond donors (Lipinski definition) is 0. The number of anilines is 1. The molecule has 1 aliphatic heterocycles. The molecule has 0 saturated carbocycles. The number of allylic oxidation sites excluding steroid dienone is 1. The zero-order chi connectivity index (χ0) is 21.0. The summed E-state index contributed by atoms with van der Waals surface area (Å²) in [5, 5.41) is 0. The van der Waals surface area contributed by atoms with E-state index < -0.39 is 0 Å². The molecule has 0 saturated heterocycles. The predicted octanol–water partition coefficient (Wildman–Crippen LogP) is 5.35. The molecule has 1 aliphatic rings. The SMILES string of the molecule is CCN(CCOC)c1ccc(C=C2N=C(C(C)(C)C)N=C2c2ccco2)c(C)c1. The summed E-state index contributed by atoms with van der Waals surface area (Å²) >= 11 is 0. The van der Waals surface area contributed by atoms with Gasteiger partial charge in [0.05, 0.1) is 18.6 Å². The number of ether oxygens (including phenoxy) is 1. The van der Waals surface area contributed by atoms with E-state index in [1.54, 1.807) is 13.4 Å². The molecule has 0 N–H and O–H groups in total. The number of benzene rings is 1. The van der Waals surface area contributed by atoms with Crippen LogP contribution >= 0.6 is 0 Å². The number of hydrogen-bond acceptors (Lipinski definition) is 5. The van der Waals surface area contributed by atoms with E-state index >= 15 is 0 Å². The van der Waals surface area contributed by atoms with Crippen LogP contribution in [0.2, 0.25) is 0 Å². The van der Waals surface area contributed by atoms with E-state index in [2.05, 4.69) is 63.8 Å². The molecule has 0 radical (unpaired) electrons. The van der Waals surface area contributed by atoms with Gasteiger partial charge in [0.2, 0.25) is 0 Å². The minimum atomic E-state index is -0.130. The summed E-state index contributed by atoms with van der Waals surface area (Å²) in [5.41, 5.74) is 5.03. The number of likely N-dealkylation sites (N-methyl/N-ethyl adjacent to an activating group) is 1. The molecular formula is C24H31N3O2. The van der Waals surface area contributed by atoms with E-state index in [4.69, 9.17) is 19.1 Å². The van der Waals surface area contributed by atoms with Crippen LogP contribution in [0.15, 0.2) is 56.7 Å². The van der Waals surface area contributed by atoms with Crippen LogP contribution in [-0.2, 0) is 4.74 Å². The number of methoxy groups -OCH3 is 1. The average molecular weight is 394 g/mol. The normalized spacial score (nSPS) is 15.6. The van der Waals surface area contributed by atoms with E-state index in [-0.39, 0.29) is 5.41 Å². The first-order valence-electron chi connectivity index (χ1n) is 10.1. The molecule has 0 spiro atoms. The molecule has 29 heavy (non-hydrogen) atoms. The zero-order valence-corrected chi connectivity index (χ0v) is 18.3. The van der Waals surface area contributed by atoms with Gasteiger partial charge in [-0.25, -0.2) is 9.98 Å². The highest BCUT2D eigenvalue weighted by Crippen LogP contribution is 2.29. The molecule has 1 aromatic heterocycles. The minimum Gasteiger partial charge on any atom is -0.463 e. The van der Waals surface area contributed by atoms with E-state index in [1.165, 1.54) is 11.3 Å². The van der Waals surface area contributed by atoms with Gasteiger partial charge in [0.15, 0.2) is 5.76 Å². The zero-order valence-electron chi connectivity index (χ0n) is 18.3. The van der Waals surface area contributed by atoms with Crippen LogP contribution in [0, 0.1) is 12.3 Å². The first-order valence-corrected chi connectivity index (χ1v) is 10.1. The van der Waals surface area contributed by atoms with Gasteiger partial charge >= 0.3 is 0 Å². The van der Waals surface area contributed by atoms with Crippen molar-refractivity contribution in [2.24, 2.45) is 15.4 Å². The molecule has 2 heterocycles. The molecule has 0 atom stereocenters. The fourth-order valence-electron chi connectivity index (χ4n) is 3.22. The van der Waals surface area contributed by atoms with Crippen molar-refractivity contribution in [2.75, 3.05) is 31.7 Å². The lowest BCUT2D eigenvalue weighted by Gasteiger charge is -2.23. The van der Waals surface area contributed by atoms with Crippen molar-refractivity contribution in [2.45, 2.75) is 34.6 Å². The molecule has 3 rings (SSSR count). The van der Waals surface area contributed by atoms with Crippen molar-refractivity contribution in [1.29, 1.82) is 0 Å². The Morgan fingerprint density at radius 2 is 1.97 bits per heavy atom. The van der Waals surface area contributed by atoms with Crippen LogP contribution in [-0.4, -0.2) is 38.4 Å². The van der Waals surface area contributed by atoms with Crippen LogP contribution in [0.4, 0.5) is 5.69 Å². The molecule has 2 aromatic rings. The van der Waals surface area contributed by atoms with Crippen molar-refractivity contribution in [3.63, 3.8) is 0 Å². The second-order valence-electron chi connectivity index (χ2n) is 8.27. The van der Waals surface area contributed by atoms with Gasteiger partial charge in [-0.2, -0.15) is 0 Å². The topological polar surface area (TPSA) is 50.3 Å². The Labute approximate surface area is 173 Å². The van der Waals surface area contributed by atoms with Gasteiger partial charge in [-0.1, -0.05) is 26.8 Å². The Kier molecular flexibility index (Phi) is 6.38. The summed E-state index contributed by atoms with van der Waals surface area (Å²) in [6.45, 7) is 13.2. The standard InChI is InChI=1S/C24H31N3O2/c1-7-27(12-14-28-6)19-11-10-18(17(2)15-19)16-20-22(21-9-8-13-29-21)26-23(25-20)24(3,4)5/h8-11,13,15-16H,7,12,14H2,1-6H3. The number of rotatable bonds is 7. The summed E-state index contributed by atoms with van der Waals surface area (Å²) in [7, 11) is 1.74. The van der Waals surface area contributed by atoms with Crippen molar-refractivity contribution in [3.8, 4) is 0 Å². The van der Waals surface area contributed by atoms with E-state index in [9.17, 15) is 0 Å². The van der Waals surface area contributed by atoms with Crippen molar-refractivity contribution >= 4 is 23.3 Å². The van der Waals surface area contributed by atoms with Crippen LogP contribution in [0.1, 0.15) is 44.6 Å². The quantitative estimate of drug-likeness (QED) is 0.637. The van der Waals surface area contributed by atoms with Crippen LogP contribution in [0.5, 0.6) is 0 Å². The molecule has 154 valence electrons. The molecule has 5 nitrogen and oxygen atoms in total. The molecule has 0 bridgehead atoms. The maximum absolute atomic E-state index is 5.62. The van der Waals surface area contributed by atoms with E-state index in [0.29, 0.717) is 6.61 Å². The van der Waals surface area contributed by atoms with E-state index in [1.807, 2.05) is 12.1 Å². The smallest absolute Gasteiger partial charge is 0.154 e. The third-order valence-electron chi connectivity index (χ3n) is 4.97. The van der Waals surface area contributed by atoms with Gasteiger partial charge in [-0.3, -0.25) is 0 Å². The van der Waals surface area contributed by atoms with Gasteiger partial charge < -0.3 is 14.1 Å². The highest BCUT2D eigenvalue weighted by Gasteiger charge is 2.28. The summed E-state index contributed by atoms with van der Waals surface area (Å²) in [5.74, 6) is 1.56. The fourth-order valence-corrected chi connectivity index (χ4v) is 3.22.